The maximum atomic E-state index is 12.0. The molecular weight excluding hydrogens is 268 g/mol. The Labute approximate surface area is 121 Å². The van der Waals surface area contributed by atoms with E-state index in [0.717, 1.165) is 6.42 Å². The van der Waals surface area contributed by atoms with Gasteiger partial charge in [-0.1, -0.05) is 30.3 Å². The van der Waals surface area contributed by atoms with Crippen molar-refractivity contribution in [1.29, 1.82) is 0 Å². The Hall–Kier alpha value is -2.69. The summed E-state index contributed by atoms with van der Waals surface area (Å²) in [5, 5.41) is 11.7. The molecule has 21 heavy (non-hydrogen) atoms. The smallest absolute Gasteiger partial charge is 0.337 e. The summed E-state index contributed by atoms with van der Waals surface area (Å²) < 4.78 is 0. The number of hydrogen-bond acceptors (Lipinski definition) is 3. The van der Waals surface area contributed by atoms with Gasteiger partial charge in [0.1, 0.15) is 5.69 Å². The van der Waals surface area contributed by atoms with Gasteiger partial charge >= 0.3 is 5.97 Å². The monoisotopic (exact) mass is 282 g/mol. The van der Waals surface area contributed by atoms with E-state index in [1.165, 1.54) is 23.9 Å². The molecule has 0 saturated heterocycles. The summed E-state index contributed by atoms with van der Waals surface area (Å²) >= 11 is 0. The Balaban J connectivity index is 1.62. The van der Waals surface area contributed by atoms with Crippen LogP contribution in [0.15, 0.2) is 48.7 Å². The molecule has 5 nitrogen and oxygen atoms in total. The van der Waals surface area contributed by atoms with Crippen molar-refractivity contribution in [1.82, 2.24) is 10.3 Å². The highest BCUT2D eigenvalue weighted by molar-refractivity contribution is 5.94. The van der Waals surface area contributed by atoms with Crippen molar-refractivity contribution in [3.05, 3.63) is 65.5 Å². The fraction of sp³-hybridized carbons (Fsp3) is 0.188. The van der Waals surface area contributed by atoms with E-state index in [1.807, 2.05) is 18.2 Å². The Kier molecular flexibility index (Phi) is 3.39. The van der Waals surface area contributed by atoms with Crippen LogP contribution in [-0.4, -0.2) is 28.0 Å². The number of hydrogen-bond donors (Lipinski definition) is 2. The second-order valence-electron chi connectivity index (χ2n) is 5.07. The fourth-order valence-electron chi connectivity index (χ4n) is 2.32. The van der Waals surface area contributed by atoms with Gasteiger partial charge in [0.05, 0.1) is 5.56 Å². The molecule has 2 unspecified atom stereocenters. The summed E-state index contributed by atoms with van der Waals surface area (Å²) in [7, 11) is 0. The van der Waals surface area contributed by atoms with E-state index >= 15 is 0 Å². The van der Waals surface area contributed by atoms with Crippen molar-refractivity contribution in [3.8, 4) is 0 Å². The molecule has 0 aliphatic heterocycles. The largest absolute Gasteiger partial charge is 0.478 e. The zero-order chi connectivity index (χ0) is 14.8. The first-order valence-electron chi connectivity index (χ1n) is 6.70. The van der Waals surface area contributed by atoms with Gasteiger partial charge in [-0.25, -0.2) is 4.79 Å². The SMILES string of the molecule is O=C(O)c1ccc(C(=O)NC2CC2c2ccccc2)nc1. The number of rotatable bonds is 4. The van der Waals surface area contributed by atoms with Gasteiger partial charge in [0.15, 0.2) is 0 Å². The lowest BCUT2D eigenvalue weighted by Crippen LogP contribution is -2.27. The molecule has 1 aromatic carbocycles. The van der Waals surface area contributed by atoms with Gasteiger partial charge in [-0.3, -0.25) is 9.78 Å². The van der Waals surface area contributed by atoms with Crippen LogP contribution in [0.5, 0.6) is 0 Å². The summed E-state index contributed by atoms with van der Waals surface area (Å²) in [5.41, 5.74) is 1.52. The lowest BCUT2D eigenvalue weighted by molar-refractivity contribution is 0.0695. The first-order valence-corrected chi connectivity index (χ1v) is 6.70. The molecule has 1 heterocycles. The van der Waals surface area contributed by atoms with Gasteiger partial charge in [-0.2, -0.15) is 0 Å². The molecule has 2 N–H and O–H groups in total. The Bertz CT molecular complexity index is 668. The zero-order valence-electron chi connectivity index (χ0n) is 11.2. The molecule has 1 fully saturated rings. The molecule has 1 amide bonds. The van der Waals surface area contributed by atoms with E-state index in [9.17, 15) is 9.59 Å². The van der Waals surface area contributed by atoms with Crippen molar-refractivity contribution in [2.24, 2.45) is 0 Å². The second-order valence-corrected chi connectivity index (χ2v) is 5.07. The lowest BCUT2D eigenvalue weighted by Gasteiger charge is -2.04. The first kappa shape index (κ1) is 13.3. The minimum absolute atomic E-state index is 0.0696. The molecule has 5 heteroatoms. The highest BCUT2D eigenvalue weighted by Gasteiger charge is 2.39. The molecule has 1 saturated carbocycles. The number of nitrogens with one attached hydrogen (secondary N) is 1. The molecular formula is C16H14N2O3. The number of carboxylic acids is 1. The third-order valence-corrected chi connectivity index (χ3v) is 3.58. The third-order valence-electron chi connectivity index (χ3n) is 3.58. The second kappa shape index (κ2) is 5.36. The number of benzene rings is 1. The molecule has 0 bridgehead atoms. The Morgan fingerprint density at radius 3 is 2.52 bits per heavy atom. The molecule has 1 aliphatic rings. The summed E-state index contributed by atoms with van der Waals surface area (Å²) in [6.07, 6.45) is 2.11. The van der Waals surface area contributed by atoms with Gasteiger partial charge in [0, 0.05) is 18.2 Å². The molecule has 106 valence electrons. The van der Waals surface area contributed by atoms with Crippen molar-refractivity contribution >= 4 is 11.9 Å². The first-order chi connectivity index (χ1) is 10.1. The van der Waals surface area contributed by atoms with Gasteiger partial charge in [-0.05, 0) is 24.1 Å². The van der Waals surface area contributed by atoms with Crippen LogP contribution in [0.3, 0.4) is 0 Å². The average Bonchev–Trinajstić information content (AvgIpc) is 3.27. The van der Waals surface area contributed by atoms with E-state index < -0.39 is 5.97 Å². The average molecular weight is 282 g/mol. The van der Waals surface area contributed by atoms with Crippen LogP contribution in [0.4, 0.5) is 0 Å². The fourth-order valence-corrected chi connectivity index (χ4v) is 2.32. The van der Waals surface area contributed by atoms with Crippen molar-refractivity contribution in [3.63, 3.8) is 0 Å². The van der Waals surface area contributed by atoms with Gasteiger partial charge in [-0.15, -0.1) is 0 Å². The molecule has 2 aromatic rings. The predicted molar refractivity (Wildman–Crippen MR) is 76.3 cm³/mol. The molecule has 2 atom stereocenters. The number of carbonyl (C=O) groups excluding carboxylic acids is 1. The van der Waals surface area contributed by atoms with Gasteiger partial charge in [0.2, 0.25) is 0 Å². The van der Waals surface area contributed by atoms with Gasteiger partial charge < -0.3 is 10.4 Å². The quantitative estimate of drug-likeness (QED) is 0.899. The molecule has 0 radical (unpaired) electrons. The van der Waals surface area contributed by atoms with E-state index in [-0.39, 0.29) is 23.2 Å². The van der Waals surface area contributed by atoms with Crippen LogP contribution >= 0.6 is 0 Å². The third kappa shape index (κ3) is 2.91. The lowest BCUT2D eigenvalue weighted by atomic mass is 10.1. The van der Waals surface area contributed by atoms with Crippen molar-refractivity contribution in [2.45, 2.75) is 18.4 Å². The maximum absolute atomic E-state index is 12.0. The minimum Gasteiger partial charge on any atom is -0.478 e. The van der Waals surface area contributed by atoms with Crippen LogP contribution in [0, 0.1) is 0 Å². The number of amides is 1. The number of pyridine rings is 1. The maximum Gasteiger partial charge on any atom is 0.337 e. The molecule has 0 spiro atoms. The predicted octanol–water partition coefficient (Wildman–Crippen LogP) is 2.07. The Morgan fingerprint density at radius 2 is 1.90 bits per heavy atom. The topological polar surface area (TPSA) is 79.3 Å². The van der Waals surface area contributed by atoms with Gasteiger partial charge in [0.25, 0.3) is 5.91 Å². The van der Waals surface area contributed by atoms with Crippen LogP contribution in [0.1, 0.15) is 38.7 Å². The zero-order valence-corrected chi connectivity index (χ0v) is 11.2. The van der Waals surface area contributed by atoms with Crippen molar-refractivity contribution < 1.29 is 14.7 Å². The van der Waals surface area contributed by atoms with Crippen molar-refractivity contribution in [2.75, 3.05) is 0 Å². The Morgan fingerprint density at radius 1 is 1.14 bits per heavy atom. The van der Waals surface area contributed by atoms with Crippen LogP contribution in [0.25, 0.3) is 0 Å². The summed E-state index contributed by atoms with van der Waals surface area (Å²) in [4.78, 5) is 26.6. The van der Waals surface area contributed by atoms with E-state index in [1.54, 1.807) is 0 Å². The number of aromatic nitrogens is 1. The molecule has 1 aromatic heterocycles. The highest BCUT2D eigenvalue weighted by atomic mass is 16.4. The summed E-state index contributed by atoms with van der Waals surface area (Å²) in [5.74, 6) is -0.968. The standard InChI is InChI=1S/C16H14N2O3/c19-15(13-7-6-11(9-17-13)16(20)21)18-14-8-12(14)10-4-2-1-3-5-10/h1-7,9,12,14H,8H2,(H,18,19)(H,20,21). The highest BCUT2D eigenvalue weighted by Crippen LogP contribution is 2.40. The number of nitrogens with zero attached hydrogens (tertiary/aromatic N) is 1. The van der Waals surface area contributed by atoms with E-state index in [2.05, 4.69) is 22.4 Å². The van der Waals surface area contributed by atoms with Crippen LogP contribution < -0.4 is 5.32 Å². The van der Waals surface area contributed by atoms with E-state index in [4.69, 9.17) is 5.11 Å². The number of carboxylic acid groups (broad SMARTS) is 1. The van der Waals surface area contributed by atoms with Crippen LogP contribution in [0.2, 0.25) is 0 Å². The minimum atomic E-state index is -1.05. The number of carbonyl (C=O) groups is 2. The van der Waals surface area contributed by atoms with Crippen LogP contribution in [-0.2, 0) is 0 Å². The van der Waals surface area contributed by atoms with E-state index in [0.29, 0.717) is 5.92 Å². The summed E-state index contributed by atoms with van der Waals surface area (Å²) in [6.45, 7) is 0. The molecule has 1 aliphatic carbocycles. The number of aromatic carboxylic acids is 1. The normalized spacial score (nSPS) is 19.8. The summed E-state index contributed by atoms with van der Waals surface area (Å²) in [6, 6.07) is 13.0. The molecule has 3 rings (SSSR count).